The van der Waals surface area contributed by atoms with Crippen molar-refractivity contribution in [2.75, 3.05) is 7.11 Å². The molecule has 4 heteroatoms. The number of hydrogen-bond donors (Lipinski definition) is 2. The zero-order chi connectivity index (χ0) is 13.5. The van der Waals surface area contributed by atoms with Crippen LogP contribution in [0.25, 0.3) is 0 Å². The Morgan fingerprint density at radius 3 is 2.72 bits per heavy atom. The van der Waals surface area contributed by atoms with Gasteiger partial charge in [-0.15, -0.1) is 0 Å². The van der Waals surface area contributed by atoms with Gasteiger partial charge >= 0.3 is 0 Å². The van der Waals surface area contributed by atoms with Crippen LogP contribution in [0.15, 0.2) is 24.3 Å². The molecule has 2 atom stereocenters. The second-order valence-electron chi connectivity index (χ2n) is 4.37. The van der Waals surface area contributed by atoms with E-state index < -0.39 is 6.04 Å². The van der Waals surface area contributed by atoms with E-state index in [2.05, 4.69) is 5.32 Å². The molecule has 4 nitrogen and oxygen atoms in total. The number of hydrogen-bond acceptors (Lipinski definition) is 3. The number of rotatable bonds is 6. The van der Waals surface area contributed by atoms with Crippen LogP contribution in [-0.4, -0.2) is 19.1 Å². The Labute approximate surface area is 109 Å². The second-order valence-corrected chi connectivity index (χ2v) is 4.37. The zero-order valence-corrected chi connectivity index (χ0v) is 11.3. The van der Waals surface area contributed by atoms with Crippen molar-refractivity contribution in [2.45, 2.75) is 38.8 Å². The van der Waals surface area contributed by atoms with Gasteiger partial charge in [-0.2, -0.15) is 0 Å². The molecule has 0 bridgehead atoms. The van der Waals surface area contributed by atoms with Gasteiger partial charge in [-0.25, -0.2) is 0 Å². The van der Waals surface area contributed by atoms with Crippen LogP contribution in [0.4, 0.5) is 0 Å². The molecular formula is C14H22N2O2. The molecule has 0 aliphatic heterocycles. The summed E-state index contributed by atoms with van der Waals surface area (Å²) in [5, 5.41) is 2.91. The van der Waals surface area contributed by atoms with Crippen LogP contribution in [0.5, 0.6) is 5.75 Å². The molecule has 1 amide bonds. The quantitative estimate of drug-likeness (QED) is 0.811. The Morgan fingerprint density at radius 1 is 1.44 bits per heavy atom. The summed E-state index contributed by atoms with van der Waals surface area (Å²) in [5.41, 5.74) is 6.74. The monoisotopic (exact) mass is 250 g/mol. The molecule has 0 aromatic heterocycles. The first-order chi connectivity index (χ1) is 8.60. The highest BCUT2D eigenvalue weighted by atomic mass is 16.5. The molecule has 0 saturated heterocycles. The number of carbonyl (C=O) groups excluding carboxylic acids is 1. The number of para-hydroxylation sites is 1. The molecule has 0 aliphatic carbocycles. The van der Waals surface area contributed by atoms with E-state index in [-0.39, 0.29) is 11.9 Å². The van der Waals surface area contributed by atoms with Gasteiger partial charge in [0.05, 0.1) is 19.2 Å². The molecule has 0 aliphatic rings. The van der Waals surface area contributed by atoms with Crippen molar-refractivity contribution < 1.29 is 9.53 Å². The normalized spacial score (nSPS) is 13.8. The largest absolute Gasteiger partial charge is 0.496 e. The lowest BCUT2D eigenvalue weighted by molar-refractivity contribution is -0.123. The molecule has 1 aromatic carbocycles. The van der Waals surface area contributed by atoms with Crippen LogP contribution in [0.1, 0.15) is 38.3 Å². The highest BCUT2D eigenvalue weighted by Crippen LogP contribution is 2.24. The van der Waals surface area contributed by atoms with E-state index in [1.807, 2.05) is 38.1 Å². The predicted octanol–water partition coefficient (Wildman–Crippen LogP) is 2.00. The summed E-state index contributed by atoms with van der Waals surface area (Å²) in [6.07, 6.45) is 1.60. The number of ether oxygens (including phenoxy) is 1. The molecule has 1 aromatic rings. The minimum atomic E-state index is -0.438. The Hall–Kier alpha value is -1.55. The number of methoxy groups -OCH3 is 1. The summed E-state index contributed by atoms with van der Waals surface area (Å²) in [6, 6.07) is 7.09. The van der Waals surface area contributed by atoms with Crippen molar-refractivity contribution in [2.24, 2.45) is 5.73 Å². The van der Waals surface area contributed by atoms with E-state index in [1.165, 1.54) is 0 Å². The Morgan fingerprint density at radius 2 is 2.11 bits per heavy atom. The predicted molar refractivity (Wildman–Crippen MR) is 72.4 cm³/mol. The Balaban J connectivity index is 2.70. The summed E-state index contributed by atoms with van der Waals surface area (Å²) in [7, 11) is 1.62. The number of nitrogens with one attached hydrogen (secondary N) is 1. The lowest BCUT2D eigenvalue weighted by Crippen LogP contribution is -2.41. The number of carbonyl (C=O) groups is 1. The van der Waals surface area contributed by atoms with Gasteiger partial charge in [0, 0.05) is 5.56 Å². The molecule has 0 spiro atoms. The first-order valence-corrected chi connectivity index (χ1v) is 6.29. The SMILES string of the molecule is CCCC(N)C(=O)N[C@@H](C)c1ccccc1OC. The first-order valence-electron chi connectivity index (χ1n) is 6.29. The van der Waals surface area contributed by atoms with E-state index in [9.17, 15) is 4.79 Å². The van der Waals surface area contributed by atoms with Crippen LogP contribution in [-0.2, 0) is 4.79 Å². The minimum absolute atomic E-state index is 0.114. The van der Waals surface area contributed by atoms with Crippen molar-refractivity contribution in [3.63, 3.8) is 0 Å². The lowest BCUT2D eigenvalue weighted by atomic mass is 10.1. The molecular weight excluding hydrogens is 228 g/mol. The number of benzene rings is 1. The first kappa shape index (κ1) is 14.5. The van der Waals surface area contributed by atoms with E-state index in [0.717, 1.165) is 17.7 Å². The number of amides is 1. The van der Waals surface area contributed by atoms with Crippen LogP contribution < -0.4 is 15.8 Å². The third-order valence-electron chi connectivity index (χ3n) is 2.90. The maximum Gasteiger partial charge on any atom is 0.237 e. The second kappa shape index (κ2) is 7.01. The highest BCUT2D eigenvalue weighted by Gasteiger charge is 2.17. The van der Waals surface area contributed by atoms with Crippen molar-refractivity contribution in [3.8, 4) is 5.75 Å². The summed E-state index contributed by atoms with van der Waals surface area (Å²) < 4.78 is 5.27. The van der Waals surface area contributed by atoms with Crippen LogP contribution in [0.2, 0.25) is 0 Å². The van der Waals surface area contributed by atoms with Crippen molar-refractivity contribution >= 4 is 5.91 Å². The molecule has 0 fully saturated rings. The van der Waals surface area contributed by atoms with E-state index >= 15 is 0 Å². The zero-order valence-electron chi connectivity index (χ0n) is 11.3. The van der Waals surface area contributed by atoms with E-state index in [1.54, 1.807) is 7.11 Å². The Kier molecular flexibility index (Phi) is 5.65. The molecule has 0 heterocycles. The van der Waals surface area contributed by atoms with Gasteiger partial charge in [0.15, 0.2) is 0 Å². The van der Waals surface area contributed by atoms with Gasteiger partial charge in [0.25, 0.3) is 0 Å². The highest BCUT2D eigenvalue weighted by molar-refractivity contribution is 5.81. The Bertz CT molecular complexity index is 393. The fourth-order valence-corrected chi connectivity index (χ4v) is 1.86. The maximum atomic E-state index is 11.8. The van der Waals surface area contributed by atoms with Gasteiger partial charge < -0.3 is 15.8 Å². The van der Waals surface area contributed by atoms with Crippen molar-refractivity contribution in [1.29, 1.82) is 0 Å². The van der Waals surface area contributed by atoms with Gasteiger partial charge in [-0.3, -0.25) is 4.79 Å². The molecule has 0 radical (unpaired) electrons. The molecule has 100 valence electrons. The lowest BCUT2D eigenvalue weighted by Gasteiger charge is -2.19. The molecule has 18 heavy (non-hydrogen) atoms. The third-order valence-corrected chi connectivity index (χ3v) is 2.90. The number of nitrogens with two attached hydrogens (primary N) is 1. The van der Waals surface area contributed by atoms with Crippen molar-refractivity contribution in [1.82, 2.24) is 5.32 Å². The van der Waals surface area contributed by atoms with Crippen LogP contribution >= 0.6 is 0 Å². The van der Waals surface area contributed by atoms with Gasteiger partial charge in [0.1, 0.15) is 5.75 Å². The topological polar surface area (TPSA) is 64.4 Å². The van der Waals surface area contributed by atoms with Gasteiger partial charge in [-0.05, 0) is 19.4 Å². The van der Waals surface area contributed by atoms with Crippen LogP contribution in [0.3, 0.4) is 0 Å². The molecule has 0 saturated carbocycles. The summed E-state index contributed by atoms with van der Waals surface area (Å²) in [6.45, 7) is 3.94. The average Bonchev–Trinajstić information content (AvgIpc) is 2.38. The summed E-state index contributed by atoms with van der Waals surface area (Å²) in [5.74, 6) is 0.657. The van der Waals surface area contributed by atoms with Gasteiger partial charge in [0.2, 0.25) is 5.91 Å². The molecule has 3 N–H and O–H groups in total. The van der Waals surface area contributed by atoms with Crippen LogP contribution in [0, 0.1) is 0 Å². The fourth-order valence-electron chi connectivity index (χ4n) is 1.86. The minimum Gasteiger partial charge on any atom is -0.496 e. The molecule has 1 rings (SSSR count). The smallest absolute Gasteiger partial charge is 0.237 e. The maximum absolute atomic E-state index is 11.8. The fraction of sp³-hybridized carbons (Fsp3) is 0.500. The molecule has 1 unspecified atom stereocenters. The average molecular weight is 250 g/mol. The third kappa shape index (κ3) is 3.74. The summed E-state index contributed by atoms with van der Waals surface area (Å²) >= 11 is 0. The summed E-state index contributed by atoms with van der Waals surface area (Å²) in [4.78, 5) is 11.8. The van der Waals surface area contributed by atoms with E-state index in [0.29, 0.717) is 6.42 Å². The van der Waals surface area contributed by atoms with Gasteiger partial charge in [-0.1, -0.05) is 31.5 Å². The van der Waals surface area contributed by atoms with Crippen molar-refractivity contribution in [3.05, 3.63) is 29.8 Å². The van der Waals surface area contributed by atoms with E-state index in [4.69, 9.17) is 10.5 Å². The standard InChI is InChI=1S/C14H22N2O2/c1-4-7-12(15)14(17)16-10(2)11-8-5-6-9-13(11)18-3/h5-6,8-10,12H,4,7,15H2,1-3H3,(H,16,17)/t10-,12?/m0/s1.